The zero-order valence-electron chi connectivity index (χ0n) is 9.51. The zero-order chi connectivity index (χ0) is 11.1. The Labute approximate surface area is 99.9 Å². The van der Waals surface area contributed by atoms with Crippen molar-refractivity contribution >= 4 is 21.7 Å². The fourth-order valence-electron chi connectivity index (χ4n) is 3.29. The van der Waals surface area contributed by atoms with Crippen LogP contribution in [0.3, 0.4) is 0 Å². The van der Waals surface area contributed by atoms with Crippen LogP contribution >= 0.6 is 15.9 Å². The summed E-state index contributed by atoms with van der Waals surface area (Å²) in [5, 5.41) is 0. The third-order valence-electron chi connectivity index (χ3n) is 4.39. The first-order valence-corrected chi connectivity index (χ1v) is 6.57. The van der Waals surface area contributed by atoms with E-state index in [2.05, 4.69) is 22.9 Å². The van der Waals surface area contributed by atoms with E-state index in [1.54, 1.807) is 7.11 Å². The van der Waals surface area contributed by atoms with Crippen molar-refractivity contribution in [1.82, 2.24) is 0 Å². The minimum atomic E-state index is -0.239. The van der Waals surface area contributed by atoms with Gasteiger partial charge in [0, 0.05) is 13.5 Å². The standard InChI is InChI=1S/C12H19BrO2/c1-11-6-3-4-7-12(11,13)10(15-2)9(14)5-8-11/h10H,3-8H2,1-2H3. The zero-order valence-corrected chi connectivity index (χ0v) is 11.1. The number of hydrogen-bond donors (Lipinski definition) is 0. The lowest BCUT2D eigenvalue weighted by molar-refractivity contribution is -0.140. The van der Waals surface area contributed by atoms with E-state index < -0.39 is 0 Å². The number of methoxy groups -OCH3 is 1. The summed E-state index contributed by atoms with van der Waals surface area (Å²) in [6.07, 6.45) is 6.22. The highest BCUT2D eigenvalue weighted by Crippen LogP contribution is 2.57. The second-order valence-electron chi connectivity index (χ2n) is 5.21. The summed E-state index contributed by atoms with van der Waals surface area (Å²) in [4.78, 5) is 11.9. The molecule has 0 bridgehead atoms. The van der Waals surface area contributed by atoms with Gasteiger partial charge in [-0.25, -0.2) is 0 Å². The quantitative estimate of drug-likeness (QED) is 0.687. The van der Waals surface area contributed by atoms with Crippen molar-refractivity contribution in [1.29, 1.82) is 0 Å². The average molecular weight is 275 g/mol. The monoisotopic (exact) mass is 274 g/mol. The van der Waals surface area contributed by atoms with Crippen molar-refractivity contribution in [2.24, 2.45) is 5.41 Å². The first kappa shape index (κ1) is 11.6. The minimum Gasteiger partial charge on any atom is -0.372 e. The third kappa shape index (κ3) is 1.59. The molecule has 0 heterocycles. The van der Waals surface area contributed by atoms with Crippen molar-refractivity contribution < 1.29 is 9.53 Å². The van der Waals surface area contributed by atoms with Gasteiger partial charge >= 0.3 is 0 Å². The van der Waals surface area contributed by atoms with Crippen LogP contribution in [-0.4, -0.2) is 23.3 Å². The Hall–Kier alpha value is 0.110. The van der Waals surface area contributed by atoms with Crippen LogP contribution < -0.4 is 0 Å². The van der Waals surface area contributed by atoms with Crippen LogP contribution in [0.5, 0.6) is 0 Å². The van der Waals surface area contributed by atoms with Crippen molar-refractivity contribution in [3.63, 3.8) is 0 Å². The molecule has 2 saturated carbocycles. The first-order valence-electron chi connectivity index (χ1n) is 5.78. The molecular weight excluding hydrogens is 256 g/mol. The van der Waals surface area contributed by atoms with E-state index in [1.165, 1.54) is 19.3 Å². The number of hydrogen-bond acceptors (Lipinski definition) is 2. The summed E-state index contributed by atoms with van der Waals surface area (Å²) in [5.41, 5.74) is 0.236. The molecule has 2 fully saturated rings. The number of Topliss-reactive ketones (excluding diaryl/α,β-unsaturated/α-hetero) is 1. The minimum absolute atomic E-state index is 0.109. The molecule has 2 nitrogen and oxygen atoms in total. The van der Waals surface area contributed by atoms with E-state index in [9.17, 15) is 4.79 Å². The highest BCUT2D eigenvalue weighted by atomic mass is 79.9. The third-order valence-corrected chi connectivity index (χ3v) is 6.16. The van der Waals surface area contributed by atoms with Gasteiger partial charge in [-0.3, -0.25) is 4.79 Å². The van der Waals surface area contributed by atoms with Gasteiger partial charge in [0.25, 0.3) is 0 Å². The van der Waals surface area contributed by atoms with Crippen molar-refractivity contribution in [2.75, 3.05) is 7.11 Å². The highest BCUT2D eigenvalue weighted by Gasteiger charge is 2.57. The molecule has 0 aromatic rings. The molecule has 3 unspecified atom stereocenters. The molecule has 0 N–H and O–H groups in total. The Morgan fingerprint density at radius 1 is 1.33 bits per heavy atom. The van der Waals surface area contributed by atoms with Crippen LogP contribution in [-0.2, 0) is 9.53 Å². The van der Waals surface area contributed by atoms with Gasteiger partial charge in [0.15, 0.2) is 5.78 Å². The molecule has 86 valence electrons. The maximum atomic E-state index is 11.9. The molecule has 15 heavy (non-hydrogen) atoms. The molecular formula is C12H19BrO2. The number of carbonyl (C=O) groups excluding carboxylic acids is 1. The van der Waals surface area contributed by atoms with E-state index in [4.69, 9.17) is 4.74 Å². The fraction of sp³-hybridized carbons (Fsp3) is 0.917. The average Bonchev–Trinajstić information content (AvgIpc) is 2.20. The van der Waals surface area contributed by atoms with E-state index in [0.717, 1.165) is 12.8 Å². The molecule has 0 amide bonds. The maximum absolute atomic E-state index is 11.9. The Bertz CT molecular complexity index is 279. The molecule has 0 aromatic carbocycles. The Morgan fingerprint density at radius 3 is 2.67 bits per heavy atom. The molecule has 2 rings (SSSR count). The molecule has 0 aliphatic heterocycles. The molecule has 0 radical (unpaired) electrons. The van der Waals surface area contributed by atoms with Crippen molar-refractivity contribution in [3.8, 4) is 0 Å². The molecule has 0 spiro atoms. The summed E-state index contributed by atoms with van der Waals surface area (Å²) in [6.45, 7) is 2.30. The van der Waals surface area contributed by atoms with Gasteiger partial charge < -0.3 is 4.74 Å². The van der Waals surface area contributed by atoms with Crippen LogP contribution in [0.4, 0.5) is 0 Å². The number of carbonyl (C=O) groups is 1. The van der Waals surface area contributed by atoms with Gasteiger partial charge in [-0.2, -0.15) is 0 Å². The van der Waals surface area contributed by atoms with Gasteiger partial charge in [-0.1, -0.05) is 35.7 Å². The molecule has 0 saturated heterocycles. The Morgan fingerprint density at radius 2 is 2.00 bits per heavy atom. The lowest BCUT2D eigenvalue weighted by Gasteiger charge is -2.54. The van der Waals surface area contributed by atoms with E-state index in [0.29, 0.717) is 6.42 Å². The number of ketones is 1. The Balaban J connectivity index is 2.35. The smallest absolute Gasteiger partial charge is 0.163 e. The largest absolute Gasteiger partial charge is 0.372 e. The second-order valence-corrected chi connectivity index (χ2v) is 6.63. The predicted octanol–water partition coefficient (Wildman–Crippen LogP) is 3.08. The van der Waals surface area contributed by atoms with Crippen molar-refractivity contribution in [2.45, 2.75) is 55.9 Å². The molecule has 0 aromatic heterocycles. The molecule has 3 atom stereocenters. The summed E-state index contributed by atoms with van der Waals surface area (Å²) >= 11 is 3.85. The van der Waals surface area contributed by atoms with Gasteiger partial charge in [-0.05, 0) is 24.7 Å². The SMILES string of the molecule is COC1C(=O)CCC2(C)CCCCC12Br. The summed E-state index contributed by atoms with van der Waals surface area (Å²) in [6, 6.07) is 0. The first-order chi connectivity index (χ1) is 7.03. The summed E-state index contributed by atoms with van der Waals surface area (Å²) in [7, 11) is 1.66. The summed E-state index contributed by atoms with van der Waals surface area (Å²) in [5.74, 6) is 0.272. The van der Waals surface area contributed by atoms with Gasteiger partial charge in [0.2, 0.25) is 0 Å². The summed E-state index contributed by atoms with van der Waals surface area (Å²) < 4.78 is 5.34. The van der Waals surface area contributed by atoms with Gasteiger partial charge in [0.05, 0.1) is 4.32 Å². The number of alkyl halides is 1. The number of ether oxygens (including phenoxy) is 1. The predicted molar refractivity (Wildman–Crippen MR) is 63.3 cm³/mol. The highest BCUT2D eigenvalue weighted by molar-refractivity contribution is 9.10. The van der Waals surface area contributed by atoms with Crippen LogP contribution in [0.25, 0.3) is 0 Å². The molecule has 3 heteroatoms. The van der Waals surface area contributed by atoms with E-state index in [-0.39, 0.29) is 21.6 Å². The maximum Gasteiger partial charge on any atom is 0.163 e. The van der Waals surface area contributed by atoms with Crippen LogP contribution in [0.15, 0.2) is 0 Å². The molecule has 2 aliphatic carbocycles. The van der Waals surface area contributed by atoms with Gasteiger partial charge in [-0.15, -0.1) is 0 Å². The normalized spacial score (nSPS) is 46.3. The van der Waals surface area contributed by atoms with Gasteiger partial charge in [0.1, 0.15) is 6.10 Å². The second kappa shape index (κ2) is 3.85. The van der Waals surface area contributed by atoms with Crippen LogP contribution in [0, 0.1) is 5.41 Å². The lowest BCUT2D eigenvalue weighted by Crippen LogP contribution is -2.59. The number of fused-ring (bicyclic) bond motifs is 1. The van der Waals surface area contributed by atoms with E-state index in [1.807, 2.05) is 0 Å². The lowest BCUT2D eigenvalue weighted by atomic mass is 9.59. The fourth-order valence-corrected chi connectivity index (χ4v) is 4.41. The van der Waals surface area contributed by atoms with E-state index >= 15 is 0 Å². The topological polar surface area (TPSA) is 26.3 Å². The Kier molecular flexibility index (Phi) is 2.97. The van der Waals surface area contributed by atoms with Crippen LogP contribution in [0.1, 0.15) is 45.4 Å². The number of halogens is 1. The van der Waals surface area contributed by atoms with Crippen LogP contribution in [0.2, 0.25) is 0 Å². The molecule has 2 aliphatic rings. The number of rotatable bonds is 1. The van der Waals surface area contributed by atoms with Crippen molar-refractivity contribution in [3.05, 3.63) is 0 Å².